The first-order valence-corrected chi connectivity index (χ1v) is 7.73. The van der Waals surface area contributed by atoms with Crippen molar-refractivity contribution in [3.05, 3.63) is 18.0 Å². The molecule has 3 rings (SSSR count). The molecule has 0 aromatic carbocycles. The SMILES string of the molecule is CC1CNCCN1C(C)c1cnn(CC2CCC2)c1. The molecule has 0 spiro atoms. The number of piperazine rings is 1. The molecule has 1 aromatic heterocycles. The quantitative estimate of drug-likeness (QED) is 0.901. The second-order valence-corrected chi connectivity index (χ2v) is 6.26. The molecule has 2 atom stereocenters. The molecule has 2 unspecified atom stereocenters. The van der Waals surface area contributed by atoms with Crippen molar-refractivity contribution in [3.63, 3.8) is 0 Å². The summed E-state index contributed by atoms with van der Waals surface area (Å²) in [4.78, 5) is 2.58. The first-order chi connectivity index (χ1) is 9.24. The summed E-state index contributed by atoms with van der Waals surface area (Å²) in [6.45, 7) is 9.07. The molecule has 1 saturated heterocycles. The second kappa shape index (κ2) is 5.63. The minimum Gasteiger partial charge on any atom is -0.314 e. The smallest absolute Gasteiger partial charge is 0.0537 e. The van der Waals surface area contributed by atoms with Gasteiger partial charge in [-0.1, -0.05) is 6.42 Å². The Bertz CT molecular complexity index is 410. The fourth-order valence-corrected chi connectivity index (χ4v) is 3.26. The molecule has 1 aliphatic heterocycles. The number of hydrogen-bond donors (Lipinski definition) is 1. The van der Waals surface area contributed by atoms with Gasteiger partial charge in [0.25, 0.3) is 0 Å². The van der Waals surface area contributed by atoms with E-state index in [0.717, 1.165) is 32.1 Å². The molecule has 106 valence electrons. The highest BCUT2D eigenvalue weighted by Gasteiger charge is 2.25. The van der Waals surface area contributed by atoms with Crippen molar-refractivity contribution in [1.82, 2.24) is 20.0 Å². The lowest BCUT2D eigenvalue weighted by Gasteiger charge is -2.38. The van der Waals surface area contributed by atoms with E-state index in [1.807, 2.05) is 0 Å². The number of rotatable bonds is 4. The molecule has 0 bridgehead atoms. The Morgan fingerprint density at radius 3 is 3.00 bits per heavy atom. The maximum absolute atomic E-state index is 4.55. The van der Waals surface area contributed by atoms with Crippen molar-refractivity contribution in [2.24, 2.45) is 5.92 Å². The Morgan fingerprint density at radius 1 is 1.47 bits per heavy atom. The fraction of sp³-hybridized carbons (Fsp3) is 0.800. The van der Waals surface area contributed by atoms with Gasteiger partial charge in [-0.15, -0.1) is 0 Å². The van der Waals surface area contributed by atoms with Gasteiger partial charge in [0.1, 0.15) is 0 Å². The summed E-state index contributed by atoms with van der Waals surface area (Å²) >= 11 is 0. The number of nitrogens with zero attached hydrogens (tertiary/aromatic N) is 3. The molecule has 2 heterocycles. The predicted molar refractivity (Wildman–Crippen MR) is 77.0 cm³/mol. The van der Waals surface area contributed by atoms with E-state index in [1.54, 1.807) is 0 Å². The average Bonchev–Trinajstić information content (AvgIpc) is 2.82. The Labute approximate surface area is 116 Å². The lowest BCUT2D eigenvalue weighted by molar-refractivity contribution is 0.126. The zero-order valence-electron chi connectivity index (χ0n) is 12.2. The Balaban J connectivity index is 1.63. The number of aromatic nitrogens is 2. The molecule has 2 aliphatic rings. The van der Waals surface area contributed by atoms with Crippen molar-refractivity contribution < 1.29 is 0 Å². The third-order valence-electron chi connectivity index (χ3n) is 4.86. The van der Waals surface area contributed by atoms with Gasteiger partial charge in [-0.05, 0) is 32.6 Å². The van der Waals surface area contributed by atoms with Gasteiger partial charge in [0.05, 0.1) is 6.20 Å². The zero-order chi connectivity index (χ0) is 13.2. The van der Waals surface area contributed by atoms with Gasteiger partial charge in [0, 0.05) is 50.0 Å². The molecule has 1 saturated carbocycles. The lowest BCUT2D eigenvalue weighted by atomic mass is 9.85. The van der Waals surface area contributed by atoms with E-state index in [-0.39, 0.29) is 0 Å². The minimum absolute atomic E-state index is 0.479. The molecule has 4 heteroatoms. The van der Waals surface area contributed by atoms with Crippen molar-refractivity contribution >= 4 is 0 Å². The first kappa shape index (κ1) is 13.1. The van der Waals surface area contributed by atoms with Crippen molar-refractivity contribution in [3.8, 4) is 0 Å². The molecule has 1 aromatic rings. The maximum atomic E-state index is 4.55. The highest BCUT2D eigenvalue weighted by molar-refractivity contribution is 5.10. The molecule has 0 amide bonds. The summed E-state index contributed by atoms with van der Waals surface area (Å²) < 4.78 is 2.16. The third-order valence-corrected chi connectivity index (χ3v) is 4.86. The van der Waals surface area contributed by atoms with Gasteiger partial charge in [-0.2, -0.15) is 5.10 Å². The fourth-order valence-electron chi connectivity index (χ4n) is 3.26. The average molecular weight is 262 g/mol. The summed E-state index contributed by atoms with van der Waals surface area (Å²) in [6.07, 6.45) is 8.52. The predicted octanol–water partition coefficient (Wildman–Crippen LogP) is 2.04. The van der Waals surface area contributed by atoms with Gasteiger partial charge in [-0.25, -0.2) is 0 Å². The zero-order valence-corrected chi connectivity index (χ0v) is 12.2. The molecular formula is C15H26N4. The molecular weight excluding hydrogens is 236 g/mol. The van der Waals surface area contributed by atoms with E-state index < -0.39 is 0 Å². The van der Waals surface area contributed by atoms with E-state index in [2.05, 4.69) is 46.2 Å². The van der Waals surface area contributed by atoms with Gasteiger partial charge in [0.2, 0.25) is 0 Å². The van der Waals surface area contributed by atoms with Crippen LogP contribution in [0.25, 0.3) is 0 Å². The molecule has 1 aliphatic carbocycles. The van der Waals surface area contributed by atoms with Crippen LogP contribution in [0.15, 0.2) is 12.4 Å². The van der Waals surface area contributed by atoms with E-state index in [0.29, 0.717) is 12.1 Å². The molecule has 19 heavy (non-hydrogen) atoms. The number of nitrogens with one attached hydrogen (secondary N) is 1. The monoisotopic (exact) mass is 262 g/mol. The van der Waals surface area contributed by atoms with Gasteiger partial charge in [-0.3, -0.25) is 9.58 Å². The van der Waals surface area contributed by atoms with Crippen LogP contribution >= 0.6 is 0 Å². The molecule has 0 radical (unpaired) electrons. The second-order valence-electron chi connectivity index (χ2n) is 6.26. The first-order valence-electron chi connectivity index (χ1n) is 7.73. The van der Waals surface area contributed by atoms with Crippen LogP contribution in [0.2, 0.25) is 0 Å². The van der Waals surface area contributed by atoms with Crippen LogP contribution in [-0.4, -0.2) is 40.4 Å². The van der Waals surface area contributed by atoms with Crippen molar-refractivity contribution in [2.45, 2.75) is 51.7 Å². The standard InChI is InChI=1S/C15H26N4/c1-12-8-16-6-7-19(12)13(2)15-9-17-18(11-15)10-14-4-3-5-14/h9,11-14,16H,3-8,10H2,1-2H3. The molecule has 2 fully saturated rings. The van der Waals surface area contributed by atoms with Crippen LogP contribution in [-0.2, 0) is 6.54 Å². The highest BCUT2D eigenvalue weighted by Crippen LogP contribution is 2.28. The summed E-state index contributed by atoms with van der Waals surface area (Å²) in [7, 11) is 0. The van der Waals surface area contributed by atoms with E-state index in [4.69, 9.17) is 0 Å². The van der Waals surface area contributed by atoms with Gasteiger partial charge in [0.15, 0.2) is 0 Å². The summed E-state index contributed by atoms with van der Waals surface area (Å²) in [5.74, 6) is 0.876. The van der Waals surface area contributed by atoms with Crippen LogP contribution in [0, 0.1) is 5.92 Å². The lowest BCUT2D eigenvalue weighted by Crippen LogP contribution is -2.50. The topological polar surface area (TPSA) is 33.1 Å². The largest absolute Gasteiger partial charge is 0.314 e. The van der Waals surface area contributed by atoms with Crippen LogP contribution in [0.5, 0.6) is 0 Å². The van der Waals surface area contributed by atoms with Crippen LogP contribution in [0.4, 0.5) is 0 Å². The van der Waals surface area contributed by atoms with E-state index in [9.17, 15) is 0 Å². The summed E-state index contributed by atoms with van der Waals surface area (Å²) in [5.41, 5.74) is 1.37. The van der Waals surface area contributed by atoms with E-state index in [1.165, 1.54) is 24.8 Å². The van der Waals surface area contributed by atoms with Crippen molar-refractivity contribution in [1.29, 1.82) is 0 Å². The third kappa shape index (κ3) is 2.84. The van der Waals surface area contributed by atoms with Crippen molar-refractivity contribution in [2.75, 3.05) is 19.6 Å². The Hall–Kier alpha value is -0.870. The minimum atomic E-state index is 0.479. The Morgan fingerprint density at radius 2 is 2.32 bits per heavy atom. The summed E-state index contributed by atoms with van der Waals surface area (Å²) in [5, 5.41) is 8.01. The normalized spacial score (nSPS) is 27.2. The summed E-state index contributed by atoms with van der Waals surface area (Å²) in [6, 6.07) is 1.09. The molecule has 4 nitrogen and oxygen atoms in total. The molecule has 1 N–H and O–H groups in total. The Kier molecular flexibility index (Phi) is 3.89. The van der Waals surface area contributed by atoms with Crippen LogP contribution in [0.1, 0.15) is 44.7 Å². The highest BCUT2D eigenvalue weighted by atomic mass is 15.3. The number of hydrogen-bond acceptors (Lipinski definition) is 3. The van der Waals surface area contributed by atoms with Crippen LogP contribution < -0.4 is 5.32 Å². The van der Waals surface area contributed by atoms with E-state index >= 15 is 0 Å². The van der Waals surface area contributed by atoms with Gasteiger partial charge < -0.3 is 5.32 Å². The maximum Gasteiger partial charge on any atom is 0.0537 e. The van der Waals surface area contributed by atoms with Crippen LogP contribution in [0.3, 0.4) is 0 Å². The van der Waals surface area contributed by atoms with Gasteiger partial charge >= 0.3 is 0 Å².